The summed E-state index contributed by atoms with van der Waals surface area (Å²) in [4.78, 5) is 19.1. The highest BCUT2D eigenvalue weighted by Crippen LogP contribution is 2.33. The summed E-state index contributed by atoms with van der Waals surface area (Å²) >= 11 is 0. The molecule has 7 heteroatoms. The van der Waals surface area contributed by atoms with Crippen LogP contribution in [0, 0.1) is 5.82 Å². The normalized spacial score (nSPS) is 13.0. The van der Waals surface area contributed by atoms with Crippen molar-refractivity contribution in [1.29, 1.82) is 0 Å². The Kier molecular flexibility index (Phi) is 5.14. The van der Waals surface area contributed by atoms with E-state index >= 15 is 0 Å². The second-order valence-electron chi connectivity index (χ2n) is 6.06. The van der Waals surface area contributed by atoms with Gasteiger partial charge in [-0.3, -0.25) is 9.78 Å². The van der Waals surface area contributed by atoms with Gasteiger partial charge in [0.1, 0.15) is 0 Å². The SMILES string of the molecule is CCC(N)(c1cccnc1)c1ccc(Oc2ccc(C(N)=O)cn2)c(F)c1. The lowest BCUT2D eigenvalue weighted by molar-refractivity contribution is 0.1000. The van der Waals surface area contributed by atoms with Crippen molar-refractivity contribution >= 4 is 5.91 Å². The Morgan fingerprint density at radius 2 is 2.00 bits per heavy atom. The predicted molar refractivity (Wildman–Crippen MR) is 98.7 cm³/mol. The summed E-state index contributed by atoms with van der Waals surface area (Å²) in [6, 6.07) is 11.1. The Morgan fingerprint density at radius 3 is 2.56 bits per heavy atom. The third-order valence-electron chi connectivity index (χ3n) is 4.42. The van der Waals surface area contributed by atoms with E-state index in [-0.39, 0.29) is 17.2 Å². The van der Waals surface area contributed by atoms with Gasteiger partial charge in [-0.15, -0.1) is 0 Å². The number of benzene rings is 1. The monoisotopic (exact) mass is 366 g/mol. The highest BCUT2D eigenvalue weighted by atomic mass is 19.1. The molecule has 138 valence electrons. The Morgan fingerprint density at radius 1 is 1.19 bits per heavy atom. The maximum absolute atomic E-state index is 14.6. The third-order valence-corrected chi connectivity index (χ3v) is 4.42. The Hall–Kier alpha value is -3.32. The second kappa shape index (κ2) is 7.51. The molecule has 0 saturated heterocycles. The summed E-state index contributed by atoms with van der Waals surface area (Å²) in [7, 11) is 0. The zero-order valence-electron chi connectivity index (χ0n) is 14.7. The first kappa shape index (κ1) is 18.5. The number of pyridine rings is 2. The molecule has 0 saturated carbocycles. The average molecular weight is 366 g/mol. The largest absolute Gasteiger partial charge is 0.436 e. The molecule has 1 amide bonds. The lowest BCUT2D eigenvalue weighted by atomic mass is 9.82. The Bertz CT molecular complexity index is 948. The first-order valence-electron chi connectivity index (χ1n) is 8.37. The molecule has 0 radical (unpaired) electrons. The Balaban J connectivity index is 1.88. The van der Waals surface area contributed by atoms with Gasteiger partial charge in [0.25, 0.3) is 0 Å². The van der Waals surface area contributed by atoms with E-state index in [9.17, 15) is 9.18 Å². The number of aromatic nitrogens is 2. The van der Waals surface area contributed by atoms with Gasteiger partial charge in [-0.05, 0) is 41.8 Å². The number of halogens is 1. The highest BCUT2D eigenvalue weighted by molar-refractivity contribution is 5.92. The molecule has 1 unspecified atom stereocenters. The number of rotatable bonds is 6. The zero-order valence-corrected chi connectivity index (χ0v) is 14.7. The second-order valence-corrected chi connectivity index (χ2v) is 6.06. The number of hydrogen-bond donors (Lipinski definition) is 2. The molecule has 1 aromatic carbocycles. The molecule has 2 heterocycles. The van der Waals surface area contributed by atoms with Gasteiger partial charge >= 0.3 is 0 Å². The third kappa shape index (κ3) is 3.78. The van der Waals surface area contributed by atoms with Crippen LogP contribution < -0.4 is 16.2 Å². The number of ether oxygens (including phenoxy) is 1. The van der Waals surface area contributed by atoms with Gasteiger partial charge < -0.3 is 16.2 Å². The van der Waals surface area contributed by atoms with Crippen molar-refractivity contribution in [2.24, 2.45) is 11.5 Å². The van der Waals surface area contributed by atoms with Gasteiger partial charge in [0.15, 0.2) is 11.6 Å². The molecule has 0 fully saturated rings. The van der Waals surface area contributed by atoms with E-state index < -0.39 is 17.3 Å². The van der Waals surface area contributed by atoms with Gasteiger partial charge in [0.05, 0.1) is 11.1 Å². The van der Waals surface area contributed by atoms with Crippen molar-refractivity contribution in [3.8, 4) is 11.6 Å². The van der Waals surface area contributed by atoms with Crippen LogP contribution in [0.5, 0.6) is 11.6 Å². The first-order chi connectivity index (χ1) is 12.9. The van der Waals surface area contributed by atoms with Gasteiger partial charge in [0, 0.05) is 24.7 Å². The van der Waals surface area contributed by atoms with Crippen molar-refractivity contribution in [3.63, 3.8) is 0 Å². The van der Waals surface area contributed by atoms with Crippen LogP contribution in [0.4, 0.5) is 4.39 Å². The van der Waals surface area contributed by atoms with E-state index in [0.717, 1.165) is 5.56 Å². The molecule has 6 nitrogen and oxygen atoms in total. The number of carbonyl (C=O) groups is 1. The van der Waals surface area contributed by atoms with Gasteiger partial charge in [-0.1, -0.05) is 19.1 Å². The fourth-order valence-corrected chi connectivity index (χ4v) is 2.76. The Labute approximate surface area is 156 Å². The molecule has 0 aliphatic heterocycles. The molecular formula is C20H19FN4O2. The maximum Gasteiger partial charge on any atom is 0.250 e. The van der Waals surface area contributed by atoms with E-state index in [1.54, 1.807) is 24.5 Å². The van der Waals surface area contributed by atoms with Gasteiger partial charge in [-0.2, -0.15) is 0 Å². The maximum atomic E-state index is 14.6. The molecule has 4 N–H and O–H groups in total. The molecule has 27 heavy (non-hydrogen) atoms. The van der Waals surface area contributed by atoms with E-state index in [0.29, 0.717) is 12.0 Å². The summed E-state index contributed by atoms with van der Waals surface area (Å²) in [6.45, 7) is 1.93. The summed E-state index contributed by atoms with van der Waals surface area (Å²) in [6.07, 6.45) is 5.17. The van der Waals surface area contributed by atoms with Crippen molar-refractivity contribution in [2.45, 2.75) is 18.9 Å². The number of hydrogen-bond acceptors (Lipinski definition) is 5. The van der Waals surface area contributed by atoms with E-state index in [1.807, 2.05) is 13.0 Å². The molecule has 0 spiro atoms. The van der Waals surface area contributed by atoms with Crippen molar-refractivity contribution in [1.82, 2.24) is 9.97 Å². The van der Waals surface area contributed by atoms with Crippen LogP contribution in [0.15, 0.2) is 61.1 Å². The molecule has 0 aliphatic rings. The van der Waals surface area contributed by atoms with E-state index in [4.69, 9.17) is 16.2 Å². The lowest BCUT2D eigenvalue weighted by Gasteiger charge is -2.29. The summed E-state index contributed by atoms with van der Waals surface area (Å²) in [5.74, 6) is -1.02. The van der Waals surface area contributed by atoms with Gasteiger partial charge in [0.2, 0.25) is 11.8 Å². The fourth-order valence-electron chi connectivity index (χ4n) is 2.76. The molecule has 3 aromatic rings. The zero-order chi connectivity index (χ0) is 19.4. The molecule has 3 rings (SSSR count). The number of carbonyl (C=O) groups excluding carboxylic acids is 1. The smallest absolute Gasteiger partial charge is 0.250 e. The summed E-state index contributed by atoms with van der Waals surface area (Å²) in [5, 5.41) is 0. The quantitative estimate of drug-likeness (QED) is 0.697. The van der Waals surface area contributed by atoms with Crippen molar-refractivity contribution in [3.05, 3.63) is 83.6 Å². The summed E-state index contributed by atoms with van der Waals surface area (Å²) in [5.41, 5.74) is 12.5. The van der Waals surface area contributed by atoms with Crippen molar-refractivity contribution < 1.29 is 13.9 Å². The van der Waals surface area contributed by atoms with Gasteiger partial charge in [-0.25, -0.2) is 9.37 Å². The van der Waals surface area contributed by atoms with E-state index in [1.165, 1.54) is 30.5 Å². The standard InChI is InChI=1S/C20H19FN4O2/c1-2-20(23,15-4-3-9-24-12-15)14-6-7-17(16(21)10-14)27-18-8-5-13(11-25-18)19(22)26/h3-12H,2,23H2,1H3,(H2,22,26). The van der Waals surface area contributed by atoms with E-state index in [2.05, 4.69) is 9.97 Å². The van der Waals surface area contributed by atoms with Crippen molar-refractivity contribution in [2.75, 3.05) is 0 Å². The minimum absolute atomic E-state index is 0.00251. The minimum Gasteiger partial charge on any atom is -0.436 e. The van der Waals surface area contributed by atoms with Crippen LogP contribution in [-0.2, 0) is 5.54 Å². The minimum atomic E-state index is -0.866. The van der Waals surface area contributed by atoms with Crippen LogP contribution in [0.25, 0.3) is 0 Å². The van der Waals surface area contributed by atoms with Crippen LogP contribution in [0.2, 0.25) is 0 Å². The molecule has 2 aromatic heterocycles. The first-order valence-corrected chi connectivity index (χ1v) is 8.37. The van der Waals surface area contributed by atoms with Crippen LogP contribution in [0.1, 0.15) is 34.8 Å². The molecule has 0 aliphatic carbocycles. The van der Waals surface area contributed by atoms with Crippen LogP contribution >= 0.6 is 0 Å². The fraction of sp³-hybridized carbons (Fsp3) is 0.150. The molecular weight excluding hydrogens is 347 g/mol. The predicted octanol–water partition coefficient (Wildman–Crippen LogP) is 3.12. The number of nitrogens with two attached hydrogens (primary N) is 2. The number of primary amides is 1. The number of amides is 1. The highest BCUT2D eigenvalue weighted by Gasteiger charge is 2.29. The molecule has 1 atom stereocenters. The lowest BCUT2D eigenvalue weighted by Crippen LogP contribution is -2.37. The van der Waals surface area contributed by atoms with Crippen LogP contribution in [0.3, 0.4) is 0 Å². The summed E-state index contributed by atoms with van der Waals surface area (Å²) < 4.78 is 20.1. The average Bonchev–Trinajstić information content (AvgIpc) is 2.70. The topological polar surface area (TPSA) is 104 Å². The van der Waals surface area contributed by atoms with Crippen LogP contribution in [-0.4, -0.2) is 15.9 Å². The number of nitrogens with zero attached hydrogens (tertiary/aromatic N) is 2. The molecule has 0 bridgehead atoms.